The minimum atomic E-state index is -1.15. The van der Waals surface area contributed by atoms with Crippen LogP contribution in [0.3, 0.4) is 0 Å². The van der Waals surface area contributed by atoms with Gasteiger partial charge in [0.15, 0.2) is 0 Å². The summed E-state index contributed by atoms with van der Waals surface area (Å²) in [5.41, 5.74) is 3.88. The summed E-state index contributed by atoms with van der Waals surface area (Å²) >= 11 is 0. The summed E-state index contributed by atoms with van der Waals surface area (Å²) in [6.07, 6.45) is 2.17. The molecule has 0 aliphatic rings. The van der Waals surface area contributed by atoms with Crippen LogP contribution in [-0.4, -0.2) is 51.5 Å². The third-order valence-electron chi connectivity index (χ3n) is 6.72. The smallest absolute Gasteiger partial charge is 0.410 e. The van der Waals surface area contributed by atoms with Crippen LogP contribution >= 0.6 is 0 Å². The Morgan fingerprint density at radius 3 is 2.40 bits per heavy atom. The Bertz CT molecular complexity index is 1340. The number of aliphatic hydroxyl groups excluding tert-OH is 1. The van der Waals surface area contributed by atoms with Crippen LogP contribution in [0.1, 0.15) is 68.5 Å². The van der Waals surface area contributed by atoms with Crippen LogP contribution < -0.4 is 5.32 Å². The minimum absolute atomic E-state index is 0.0847. The molecule has 2 atom stereocenters. The van der Waals surface area contributed by atoms with Gasteiger partial charge in [-0.1, -0.05) is 74.5 Å². The summed E-state index contributed by atoms with van der Waals surface area (Å²) in [5.74, 6) is 0.282. The largest absolute Gasteiger partial charge is 0.445 e. The molecular weight excluding hydrogens is 542 g/mol. The quantitative estimate of drug-likeness (QED) is 0.220. The molecule has 3 aromatic rings. The normalized spacial score (nSPS) is 12.7. The van der Waals surface area contributed by atoms with Gasteiger partial charge < -0.3 is 19.9 Å². The van der Waals surface area contributed by atoms with Crippen molar-refractivity contribution >= 4 is 12.2 Å². The number of hydrogen-bond donors (Lipinski definition) is 2. The first kappa shape index (κ1) is 33.3. The van der Waals surface area contributed by atoms with Gasteiger partial charge in [0, 0.05) is 6.20 Å². The molecule has 43 heavy (non-hydrogen) atoms. The van der Waals surface area contributed by atoms with E-state index >= 15 is 0 Å². The number of carbonyl (C=O) groups is 2. The standard InChI is InChI=1S/C35H45N3O5/c1-7-12-26-15-11-16-28(19-26)20-31(37-33(40)43-35(4,5)6)32(39)23-38(22-30-21-29(25(2)3)17-18-36-30)34(41)42-24-27-13-9-8-10-14-27/h7-11,13-19,21,25,31-32,39H,1,12,20,22-24H2,2-6H3,(H,37,40)/t31-,32+/m0/s1. The molecule has 0 saturated carbocycles. The zero-order valence-electron chi connectivity index (χ0n) is 26.0. The van der Waals surface area contributed by atoms with Crippen molar-refractivity contribution in [3.05, 3.63) is 114 Å². The van der Waals surface area contributed by atoms with Gasteiger partial charge in [-0.15, -0.1) is 6.58 Å². The van der Waals surface area contributed by atoms with E-state index in [1.165, 1.54) is 4.90 Å². The first-order chi connectivity index (χ1) is 20.4. The number of pyridine rings is 1. The Hall–Kier alpha value is -4.17. The van der Waals surface area contributed by atoms with Crippen molar-refractivity contribution in [2.24, 2.45) is 0 Å². The molecule has 0 saturated heterocycles. The number of rotatable bonds is 13. The number of nitrogens with zero attached hydrogens (tertiary/aromatic N) is 2. The van der Waals surface area contributed by atoms with E-state index in [0.29, 0.717) is 18.5 Å². The van der Waals surface area contributed by atoms with E-state index in [-0.39, 0.29) is 25.6 Å². The number of amides is 2. The molecule has 0 bridgehead atoms. The van der Waals surface area contributed by atoms with Crippen molar-refractivity contribution in [2.75, 3.05) is 6.54 Å². The third kappa shape index (κ3) is 11.6. The first-order valence-electron chi connectivity index (χ1n) is 14.7. The maximum Gasteiger partial charge on any atom is 0.410 e. The van der Waals surface area contributed by atoms with Crippen LogP contribution in [0.4, 0.5) is 9.59 Å². The van der Waals surface area contributed by atoms with Gasteiger partial charge in [-0.3, -0.25) is 9.88 Å². The Kier molecular flexibility index (Phi) is 12.3. The summed E-state index contributed by atoms with van der Waals surface area (Å²) in [6, 6.07) is 20.4. The number of ether oxygens (including phenoxy) is 2. The molecule has 0 fully saturated rings. The van der Waals surface area contributed by atoms with Gasteiger partial charge in [0.05, 0.1) is 30.9 Å². The highest BCUT2D eigenvalue weighted by molar-refractivity contribution is 5.69. The number of allylic oxidation sites excluding steroid dienone is 1. The Morgan fingerprint density at radius 1 is 1.02 bits per heavy atom. The Morgan fingerprint density at radius 2 is 1.72 bits per heavy atom. The molecule has 2 N–H and O–H groups in total. The van der Waals surface area contributed by atoms with Gasteiger partial charge in [-0.05, 0) is 73.9 Å². The number of carbonyl (C=O) groups excluding carboxylic acids is 2. The molecule has 0 aliphatic heterocycles. The number of hydrogen-bond acceptors (Lipinski definition) is 6. The molecule has 8 heteroatoms. The molecule has 2 aromatic carbocycles. The summed E-state index contributed by atoms with van der Waals surface area (Å²) < 4.78 is 11.2. The summed E-state index contributed by atoms with van der Waals surface area (Å²) in [5, 5.41) is 14.4. The lowest BCUT2D eigenvalue weighted by Crippen LogP contribution is -2.51. The van der Waals surface area contributed by atoms with E-state index in [0.717, 1.165) is 22.3 Å². The number of alkyl carbamates (subject to hydrolysis) is 1. The SMILES string of the molecule is C=CCc1cccc(C[C@H](NC(=O)OC(C)(C)C)[C@H](O)CN(Cc2cc(C(C)C)ccn2)C(=O)OCc2ccccc2)c1. The molecule has 0 unspecified atom stereocenters. The minimum Gasteiger partial charge on any atom is -0.445 e. The van der Waals surface area contributed by atoms with Crippen molar-refractivity contribution in [1.29, 1.82) is 0 Å². The zero-order valence-corrected chi connectivity index (χ0v) is 26.0. The number of aromatic nitrogens is 1. The molecular formula is C35H45N3O5. The molecule has 0 aliphatic carbocycles. The topological polar surface area (TPSA) is 101 Å². The third-order valence-corrected chi connectivity index (χ3v) is 6.72. The van der Waals surface area contributed by atoms with E-state index in [2.05, 4.69) is 30.7 Å². The van der Waals surface area contributed by atoms with Crippen LogP contribution in [0.5, 0.6) is 0 Å². The summed E-state index contributed by atoms with van der Waals surface area (Å²) in [4.78, 5) is 32.2. The highest BCUT2D eigenvalue weighted by Gasteiger charge is 2.29. The molecule has 8 nitrogen and oxygen atoms in total. The maximum atomic E-state index is 13.4. The fraction of sp³-hybridized carbons (Fsp3) is 0.400. The maximum absolute atomic E-state index is 13.4. The summed E-state index contributed by atoms with van der Waals surface area (Å²) in [6.45, 7) is 13.4. The van der Waals surface area contributed by atoms with Crippen molar-refractivity contribution in [1.82, 2.24) is 15.2 Å². The molecule has 2 amide bonds. The lowest BCUT2D eigenvalue weighted by molar-refractivity contribution is 0.0326. The van der Waals surface area contributed by atoms with Crippen LogP contribution in [-0.2, 0) is 35.5 Å². The second-order valence-corrected chi connectivity index (χ2v) is 12.0. The van der Waals surface area contributed by atoms with E-state index in [9.17, 15) is 14.7 Å². The van der Waals surface area contributed by atoms with Gasteiger partial charge in [0.1, 0.15) is 12.2 Å². The Balaban J connectivity index is 1.86. The second-order valence-electron chi connectivity index (χ2n) is 12.0. The number of nitrogens with one attached hydrogen (secondary N) is 1. The average molecular weight is 588 g/mol. The fourth-order valence-corrected chi connectivity index (χ4v) is 4.55. The van der Waals surface area contributed by atoms with E-state index in [1.54, 1.807) is 27.0 Å². The predicted octanol–water partition coefficient (Wildman–Crippen LogP) is 6.57. The lowest BCUT2D eigenvalue weighted by atomic mass is 9.98. The van der Waals surface area contributed by atoms with Gasteiger partial charge >= 0.3 is 12.2 Å². The molecule has 0 radical (unpaired) electrons. The first-order valence-corrected chi connectivity index (χ1v) is 14.7. The molecule has 3 rings (SSSR count). The molecule has 1 heterocycles. The van der Waals surface area contributed by atoms with Gasteiger partial charge in [-0.25, -0.2) is 9.59 Å². The van der Waals surface area contributed by atoms with Gasteiger partial charge in [0.2, 0.25) is 0 Å². The predicted molar refractivity (Wildman–Crippen MR) is 169 cm³/mol. The van der Waals surface area contributed by atoms with Crippen molar-refractivity contribution in [3.8, 4) is 0 Å². The average Bonchev–Trinajstić information content (AvgIpc) is 2.95. The Labute approximate surface area is 255 Å². The van der Waals surface area contributed by atoms with Crippen molar-refractivity contribution in [3.63, 3.8) is 0 Å². The lowest BCUT2D eigenvalue weighted by Gasteiger charge is -2.30. The zero-order chi connectivity index (χ0) is 31.4. The van der Waals surface area contributed by atoms with Gasteiger partial charge in [-0.2, -0.15) is 0 Å². The van der Waals surface area contributed by atoms with Crippen molar-refractivity contribution in [2.45, 2.75) is 84.3 Å². The van der Waals surface area contributed by atoms with Crippen LogP contribution in [0.25, 0.3) is 0 Å². The van der Waals surface area contributed by atoms with Gasteiger partial charge in [0.25, 0.3) is 0 Å². The van der Waals surface area contributed by atoms with Crippen LogP contribution in [0, 0.1) is 0 Å². The van der Waals surface area contributed by atoms with E-state index in [1.807, 2.05) is 72.8 Å². The summed E-state index contributed by atoms with van der Waals surface area (Å²) in [7, 11) is 0. The highest BCUT2D eigenvalue weighted by atomic mass is 16.6. The van der Waals surface area contributed by atoms with E-state index < -0.39 is 29.9 Å². The number of benzene rings is 2. The highest BCUT2D eigenvalue weighted by Crippen LogP contribution is 2.18. The van der Waals surface area contributed by atoms with E-state index in [4.69, 9.17) is 9.47 Å². The number of aliphatic hydroxyl groups is 1. The van der Waals surface area contributed by atoms with Crippen LogP contribution in [0.15, 0.2) is 85.6 Å². The molecule has 230 valence electrons. The molecule has 1 aromatic heterocycles. The van der Waals surface area contributed by atoms with Crippen molar-refractivity contribution < 1.29 is 24.2 Å². The second kappa shape index (κ2) is 15.9. The van der Waals surface area contributed by atoms with Crippen LogP contribution in [0.2, 0.25) is 0 Å². The molecule has 0 spiro atoms. The monoisotopic (exact) mass is 587 g/mol. The fourth-order valence-electron chi connectivity index (χ4n) is 4.55.